The first kappa shape index (κ1) is 12.8. The van der Waals surface area contributed by atoms with Crippen LogP contribution >= 0.6 is 0 Å². The molecular formula is C7H10F6OSi. The van der Waals surface area contributed by atoms with Crippen molar-refractivity contribution >= 4 is 8.80 Å². The van der Waals surface area contributed by atoms with Crippen molar-refractivity contribution in [2.24, 2.45) is 0 Å². The number of alkyl halides is 6. The molecule has 1 heterocycles. The first-order valence-electron chi connectivity index (χ1n) is 4.48. The molecule has 1 rings (SSSR count). The van der Waals surface area contributed by atoms with E-state index in [2.05, 4.69) is 4.74 Å². The number of hydrogen-bond donors (Lipinski definition) is 0. The van der Waals surface area contributed by atoms with Crippen molar-refractivity contribution in [3.05, 3.63) is 0 Å². The summed E-state index contributed by atoms with van der Waals surface area (Å²) in [5.41, 5.74) is -1.64. The minimum absolute atomic E-state index is 0.000324. The van der Waals surface area contributed by atoms with Crippen molar-refractivity contribution in [1.29, 1.82) is 0 Å². The fraction of sp³-hybridized carbons (Fsp3) is 1.00. The quantitative estimate of drug-likeness (QED) is 0.514. The van der Waals surface area contributed by atoms with Crippen LogP contribution in [0.4, 0.5) is 26.3 Å². The van der Waals surface area contributed by atoms with Crippen LogP contribution in [-0.4, -0.2) is 32.7 Å². The van der Waals surface area contributed by atoms with Crippen molar-refractivity contribution in [1.82, 2.24) is 0 Å². The average Bonchev–Trinajstić information content (AvgIpc) is 2.00. The molecule has 90 valence electrons. The van der Waals surface area contributed by atoms with Crippen LogP contribution in [0.15, 0.2) is 0 Å². The normalized spacial score (nSPS) is 24.6. The zero-order chi connectivity index (χ0) is 11.7. The second-order valence-electron chi connectivity index (χ2n) is 3.47. The molecule has 0 aromatic carbocycles. The Labute approximate surface area is 84.0 Å². The van der Waals surface area contributed by atoms with E-state index in [4.69, 9.17) is 0 Å². The van der Waals surface area contributed by atoms with Crippen LogP contribution in [0, 0.1) is 0 Å². The zero-order valence-electron chi connectivity index (χ0n) is 7.66. The largest absolute Gasteiger partial charge is 0.381 e. The maximum atomic E-state index is 12.3. The van der Waals surface area contributed by atoms with Gasteiger partial charge in [0.1, 0.15) is 0 Å². The number of halogens is 6. The summed E-state index contributed by atoms with van der Waals surface area (Å²) in [7, 11) is -4.91. The third-order valence-electron chi connectivity index (χ3n) is 2.29. The Bertz CT molecular complexity index is 193. The van der Waals surface area contributed by atoms with Gasteiger partial charge in [0.25, 0.3) is 0 Å². The van der Waals surface area contributed by atoms with E-state index in [1.807, 2.05) is 0 Å². The van der Waals surface area contributed by atoms with Crippen molar-refractivity contribution in [2.75, 3.05) is 6.61 Å². The second kappa shape index (κ2) is 4.32. The lowest BCUT2D eigenvalue weighted by Gasteiger charge is -2.31. The predicted octanol–water partition coefficient (Wildman–Crippen LogP) is 2.52. The molecule has 0 N–H and O–H groups in total. The molecule has 8 heteroatoms. The summed E-state index contributed by atoms with van der Waals surface area (Å²) >= 11 is 0. The Morgan fingerprint density at radius 1 is 0.933 bits per heavy atom. The Hall–Kier alpha value is -0.243. The second-order valence-corrected chi connectivity index (χ2v) is 6.47. The molecule has 0 saturated carbocycles. The van der Waals surface area contributed by atoms with Gasteiger partial charge in [-0.2, -0.15) is 26.3 Å². The van der Waals surface area contributed by atoms with E-state index in [1.165, 1.54) is 0 Å². The highest BCUT2D eigenvalue weighted by Gasteiger charge is 2.63. The van der Waals surface area contributed by atoms with E-state index in [0.29, 0.717) is 12.8 Å². The molecule has 0 spiro atoms. The number of hydrogen-bond acceptors (Lipinski definition) is 1. The van der Waals surface area contributed by atoms with Crippen LogP contribution in [0.3, 0.4) is 0 Å². The lowest BCUT2D eigenvalue weighted by molar-refractivity contribution is -0.117. The van der Waals surface area contributed by atoms with Crippen LogP contribution in [0.2, 0.25) is 0 Å². The lowest BCUT2D eigenvalue weighted by Crippen LogP contribution is -2.57. The van der Waals surface area contributed by atoms with Gasteiger partial charge >= 0.3 is 20.4 Å². The lowest BCUT2D eigenvalue weighted by atomic mass is 10.2. The summed E-state index contributed by atoms with van der Waals surface area (Å²) in [5, 5.41) is 0. The van der Waals surface area contributed by atoms with Crippen molar-refractivity contribution in [3.63, 3.8) is 0 Å². The van der Waals surface area contributed by atoms with Gasteiger partial charge in [-0.15, -0.1) is 0 Å². The highest BCUT2D eigenvalue weighted by molar-refractivity contribution is 6.64. The third-order valence-corrected chi connectivity index (χ3v) is 4.97. The first-order chi connectivity index (χ1) is 6.73. The molecule has 0 aromatic rings. The van der Waals surface area contributed by atoms with Gasteiger partial charge in [0.15, 0.2) is 0 Å². The SMILES string of the molecule is FC(F)(F)[SiH](C1CCCCO1)C(F)(F)F. The Kier molecular flexibility index (Phi) is 3.70. The van der Waals surface area contributed by atoms with Crippen molar-refractivity contribution in [3.8, 4) is 0 Å². The molecule has 0 radical (unpaired) electrons. The fourth-order valence-corrected chi connectivity index (χ4v) is 3.75. The molecule has 1 aliphatic rings. The third kappa shape index (κ3) is 3.37. The minimum Gasteiger partial charge on any atom is -0.381 e. The van der Waals surface area contributed by atoms with Crippen LogP contribution in [0.25, 0.3) is 0 Å². The van der Waals surface area contributed by atoms with Gasteiger partial charge in [-0.3, -0.25) is 0 Å². The molecule has 0 amide bonds. The topological polar surface area (TPSA) is 9.23 Å². The number of rotatable bonds is 1. The summed E-state index contributed by atoms with van der Waals surface area (Å²) in [6.07, 6.45) is 0.781. The van der Waals surface area contributed by atoms with Gasteiger partial charge in [0, 0.05) is 6.61 Å². The van der Waals surface area contributed by atoms with E-state index in [1.54, 1.807) is 0 Å². The Morgan fingerprint density at radius 2 is 1.47 bits per heavy atom. The maximum Gasteiger partial charge on any atom is 0.371 e. The van der Waals surface area contributed by atoms with Crippen molar-refractivity contribution < 1.29 is 31.1 Å². The summed E-state index contributed by atoms with van der Waals surface area (Å²) < 4.78 is 78.2. The monoisotopic (exact) mass is 252 g/mol. The molecule has 0 bridgehead atoms. The molecule has 0 aromatic heterocycles. The standard InChI is InChI=1S/C7H10F6OSi/c8-6(9,10)15(7(11,12)13)5-3-1-2-4-14-5/h5,15H,1-4H2. The fourth-order valence-electron chi connectivity index (χ4n) is 1.64. The average molecular weight is 252 g/mol. The predicted molar refractivity (Wildman–Crippen MR) is 42.9 cm³/mol. The van der Waals surface area contributed by atoms with E-state index in [0.717, 1.165) is 0 Å². The van der Waals surface area contributed by atoms with E-state index in [-0.39, 0.29) is 13.0 Å². The van der Waals surface area contributed by atoms with Gasteiger partial charge in [0.2, 0.25) is 0 Å². The van der Waals surface area contributed by atoms with Crippen LogP contribution in [0.5, 0.6) is 0 Å². The molecule has 1 aliphatic heterocycles. The molecular weight excluding hydrogens is 242 g/mol. The molecule has 1 nitrogen and oxygen atoms in total. The first-order valence-corrected chi connectivity index (χ1v) is 6.30. The Morgan fingerprint density at radius 3 is 1.80 bits per heavy atom. The van der Waals surface area contributed by atoms with Gasteiger partial charge < -0.3 is 4.74 Å². The minimum atomic E-state index is -5.15. The molecule has 15 heavy (non-hydrogen) atoms. The zero-order valence-corrected chi connectivity index (χ0v) is 8.81. The molecule has 1 saturated heterocycles. The van der Waals surface area contributed by atoms with Crippen LogP contribution in [-0.2, 0) is 4.74 Å². The van der Waals surface area contributed by atoms with Crippen molar-refractivity contribution in [2.45, 2.75) is 36.6 Å². The van der Waals surface area contributed by atoms with E-state index >= 15 is 0 Å². The summed E-state index contributed by atoms with van der Waals surface area (Å²) in [4.78, 5) is 0. The smallest absolute Gasteiger partial charge is 0.371 e. The summed E-state index contributed by atoms with van der Waals surface area (Å²) in [6, 6.07) is 0. The van der Waals surface area contributed by atoms with Gasteiger partial charge in [-0.1, -0.05) is 0 Å². The molecule has 1 fully saturated rings. The number of ether oxygens (including phenoxy) is 1. The van der Waals surface area contributed by atoms with Gasteiger partial charge in [-0.25, -0.2) is 0 Å². The molecule has 1 atom stereocenters. The van der Waals surface area contributed by atoms with Crippen LogP contribution < -0.4 is 0 Å². The van der Waals surface area contributed by atoms with Gasteiger partial charge in [0.05, 0.1) is 5.73 Å². The van der Waals surface area contributed by atoms with E-state index < -0.39 is 26.1 Å². The highest BCUT2D eigenvalue weighted by Crippen LogP contribution is 2.36. The maximum absolute atomic E-state index is 12.3. The van der Waals surface area contributed by atoms with Crippen LogP contribution in [0.1, 0.15) is 19.3 Å². The summed E-state index contributed by atoms with van der Waals surface area (Å²) in [5.74, 6) is -10.3. The van der Waals surface area contributed by atoms with E-state index in [9.17, 15) is 26.3 Å². The highest BCUT2D eigenvalue weighted by atomic mass is 28.3. The van der Waals surface area contributed by atoms with Gasteiger partial charge in [-0.05, 0) is 19.3 Å². The Balaban J connectivity index is 2.80. The summed E-state index contributed by atoms with van der Waals surface area (Å²) in [6.45, 7) is 0.000324. The molecule has 0 aliphatic carbocycles. The molecule has 1 unspecified atom stereocenters.